The van der Waals surface area contributed by atoms with Crippen molar-refractivity contribution in [1.82, 2.24) is 19.2 Å². The van der Waals surface area contributed by atoms with Gasteiger partial charge in [0.1, 0.15) is 5.82 Å². The average Bonchev–Trinajstić information content (AvgIpc) is 2.98. The summed E-state index contributed by atoms with van der Waals surface area (Å²) >= 11 is 7.93. The number of anilines is 1. The molecule has 1 aromatic heterocycles. The highest BCUT2D eigenvalue weighted by Gasteiger charge is 2.21. The van der Waals surface area contributed by atoms with Gasteiger partial charge in [0.25, 0.3) is 0 Å². The number of rotatable bonds is 5. The molecule has 0 spiro atoms. The van der Waals surface area contributed by atoms with Gasteiger partial charge in [0.2, 0.25) is 0 Å². The van der Waals surface area contributed by atoms with Gasteiger partial charge in [0.05, 0.1) is 5.69 Å². The van der Waals surface area contributed by atoms with Crippen LogP contribution in [0.1, 0.15) is 12.2 Å². The zero-order valence-electron chi connectivity index (χ0n) is 17.4. The van der Waals surface area contributed by atoms with Crippen molar-refractivity contribution in [1.29, 1.82) is 0 Å². The first-order valence-electron chi connectivity index (χ1n) is 10.8. The van der Waals surface area contributed by atoms with Crippen LogP contribution in [0, 0.1) is 0 Å². The van der Waals surface area contributed by atoms with Crippen molar-refractivity contribution in [2.45, 2.75) is 24.3 Å². The SMILES string of the molecule is O=c1n(CCCN2CCN(c3cccc(Cl)c3)CC2)nc2n1-c1ccccc1SCC2. The van der Waals surface area contributed by atoms with Gasteiger partial charge in [-0.25, -0.2) is 14.0 Å². The number of hydrogen-bond acceptors (Lipinski definition) is 5. The predicted molar refractivity (Wildman–Crippen MR) is 127 cm³/mol. The Hall–Kier alpha value is -2.22. The Morgan fingerprint density at radius 2 is 1.84 bits per heavy atom. The highest BCUT2D eigenvalue weighted by Crippen LogP contribution is 2.29. The molecule has 0 saturated carbocycles. The molecule has 2 aromatic carbocycles. The number of piperazine rings is 1. The maximum atomic E-state index is 13.1. The van der Waals surface area contributed by atoms with Crippen LogP contribution in [0.25, 0.3) is 5.69 Å². The molecule has 2 aliphatic rings. The number of hydrogen-bond donors (Lipinski definition) is 0. The molecule has 5 rings (SSSR count). The molecule has 0 bridgehead atoms. The number of para-hydroxylation sites is 1. The van der Waals surface area contributed by atoms with Crippen LogP contribution >= 0.6 is 23.4 Å². The van der Waals surface area contributed by atoms with E-state index >= 15 is 0 Å². The Bertz CT molecular complexity index is 1120. The van der Waals surface area contributed by atoms with Gasteiger partial charge in [0.15, 0.2) is 0 Å². The monoisotopic (exact) mass is 455 g/mol. The molecule has 0 atom stereocenters. The fourth-order valence-electron chi connectivity index (χ4n) is 4.37. The van der Waals surface area contributed by atoms with Crippen molar-refractivity contribution in [3.05, 3.63) is 69.9 Å². The maximum Gasteiger partial charge on any atom is 0.350 e. The van der Waals surface area contributed by atoms with Gasteiger partial charge < -0.3 is 4.90 Å². The van der Waals surface area contributed by atoms with E-state index in [-0.39, 0.29) is 5.69 Å². The van der Waals surface area contributed by atoms with Gasteiger partial charge in [-0.1, -0.05) is 29.8 Å². The summed E-state index contributed by atoms with van der Waals surface area (Å²) in [7, 11) is 0. The molecule has 0 amide bonds. The summed E-state index contributed by atoms with van der Waals surface area (Å²) in [6.45, 7) is 5.66. The third-order valence-electron chi connectivity index (χ3n) is 5.99. The van der Waals surface area contributed by atoms with Gasteiger partial charge in [-0.3, -0.25) is 4.90 Å². The molecule has 8 heteroatoms. The van der Waals surface area contributed by atoms with E-state index in [2.05, 4.69) is 27.0 Å². The minimum atomic E-state index is -0.0178. The van der Waals surface area contributed by atoms with E-state index < -0.39 is 0 Å². The second-order valence-electron chi connectivity index (χ2n) is 7.99. The fraction of sp³-hybridized carbons (Fsp3) is 0.391. The zero-order valence-corrected chi connectivity index (χ0v) is 19.0. The quantitative estimate of drug-likeness (QED) is 0.588. The lowest BCUT2D eigenvalue weighted by Gasteiger charge is -2.36. The van der Waals surface area contributed by atoms with Crippen LogP contribution < -0.4 is 10.6 Å². The first kappa shape index (κ1) is 20.7. The van der Waals surface area contributed by atoms with Crippen LogP contribution in [0.4, 0.5) is 5.69 Å². The predicted octanol–water partition coefficient (Wildman–Crippen LogP) is 3.55. The van der Waals surface area contributed by atoms with E-state index in [0.717, 1.165) is 72.7 Å². The number of thioether (sulfide) groups is 1. The zero-order chi connectivity index (χ0) is 21.2. The molecule has 0 radical (unpaired) electrons. The van der Waals surface area contributed by atoms with Gasteiger partial charge in [-0.05, 0) is 36.8 Å². The number of halogens is 1. The summed E-state index contributed by atoms with van der Waals surface area (Å²) < 4.78 is 3.46. The van der Waals surface area contributed by atoms with Gasteiger partial charge in [0, 0.05) is 67.0 Å². The highest BCUT2D eigenvalue weighted by molar-refractivity contribution is 7.99. The normalized spacial score (nSPS) is 16.6. The van der Waals surface area contributed by atoms with Crippen molar-refractivity contribution in [2.24, 2.45) is 0 Å². The van der Waals surface area contributed by atoms with E-state index in [4.69, 9.17) is 11.6 Å². The molecule has 1 saturated heterocycles. The van der Waals surface area contributed by atoms with Crippen LogP contribution in [0.3, 0.4) is 0 Å². The van der Waals surface area contributed by atoms with Crippen molar-refractivity contribution >= 4 is 29.1 Å². The fourth-order valence-corrected chi connectivity index (χ4v) is 5.54. The second kappa shape index (κ2) is 9.10. The van der Waals surface area contributed by atoms with E-state index in [1.54, 1.807) is 21.0 Å². The number of nitrogens with zero attached hydrogens (tertiary/aromatic N) is 5. The third kappa shape index (κ3) is 4.40. The first-order valence-corrected chi connectivity index (χ1v) is 12.2. The van der Waals surface area contributed by atoms with Gasteiger partial charge in [-0.15, -0.1) is 11.8 Å². The summed E-state index contributed by atoms with van der Waals surface area (Å²) in [5, 5.41) is 5.45. The Labute approximate surface area is 191 Å². The average molecular weight is 456 g/mol. The molecule has 0 aliphatic carbocycles. The summed E-state index contributed by atoms with van der Waals surface area (Å²) in [5.74, 6) is 1.82. The van der Waals surface area contributed by atoms with Crippen molar-refractivity contribution in [3.8, 4) is 5.69 Å². The Morgan fingerprint density at radius 1 is 1.00 bits per heavy atom. The molecule has 0 N–H and O–H groups in total. The number of benzene rings is 2. The number of fused-ring (bicyclic) bond motifs is 3. The standard InChI is InChI=1S/C23H26ClN5OS/c24-18-5-3-6-19(17-18)27-14-12-26(13-15-27)10-4-11-28-23(30)29-20-7-1-2-8-21(20)31-16-9-22(29)25-28/h1-3,5-8,17H,4,9-16H2. The highest BCUT2D eigenvalue weighted by atomic mass is 35.5. The second-order valence-corrected chi connectivity index (χ2v) is 9.56. The molecular formula is C23H26ClN5OS. The van der Waals surface area contributed by atoms with E-state index in [1.165, 1.54) is 5.69 Å². The lowest BCUT2D eigenvalue weighted by atomic mass is 10.2. The summed E-state index contributed by atoms with van der Waals surface area (Å²) in [6, 6.07) is 16.2. The first-order chi connectivity index (χ1) is 15.2. The van der Waals surface area contributed by atoms with Crippen molar-refractivity contribution in [3.63, 3.8) is 0 Å². The van der Waals surface area contributed by atoms with Crippen LogP contribution in [0.2, 0.25) is 5.02 Å². The van der Waals surface area contributed by atoms with Crippen molar-refractivity contribution < 1.29 is 0 Å². The van der Waals surface area contributed by atoms with Crippen LogP contribution in [0.15, 0.2) is 58.2 Å². The molecule has 0 unspecified atom stereocenters. The van der Waals surface area contributed by atoms with Crippen LogP contribution in [0.5, 0.6) is 0 Å². The van der Waals surface area contributed by atoms with Gasteiger partial charge in [-0.2, -0.15) is 5.10 Å². The maximum absolute atomic E-state index is 13.1. The summed E-state index contributed by atoms with van der Waals surface area (Å²) in [6.07, 6.45) is 1.73. The molecule has 31 heavy (non-hydrogen) atoms. The van der Waals surface area contributed by atoms with Crippen LogP contribution in [-0.2, 0) is 13.0 Å². The summed E-state index contributed by atoms with van der Waals surface area (Å²) in [5.41, 5.74) is 2.14. The minimum absolute atomic E-state index is 0.0178. The molecule has 3 aromatic rings. The largest absolute Gasteiger partial charge is 0.369 e. The van der Waals surface area contributed by atoms with E-state index in [0.29, 0.717) is 6.54 Å². The molecule has 2 aliphatic heterocycles. The van der Waals surface area contributed by atoms with Crippen molar-refractivity contribution in [2.75, 3.05) is 43.4 Å². The Morgan fingerprint density at radius 3 is 2.68 bits per heavy atom. The minimum Gasteiger partial charge on any atom is -0.369 e. The van der Waals surface area contributed by atoms with Gasteiger partial charge >= 0.3 is 5.69 Å². The molecule has 1 fully saturated rings. The number of aromatic nitrogens is 3. The van der Waals surface area contributed by atoms with E-state index in [1.807, 2.05) is 36.4 Å². The molecule has 3 heterocycles. The topological polar surface area (TPSA) is 46.3 Å². The molecular weight excluding hydrogens is 430 g/mol. The molecule has 162 valence electrons. The third-order valence-corrected chi connectivity index (χ3v) is 7.29. The van der Waals surface area contributed by atoms with Crippen LogP contribution in [-0.4, -0.2) is 57.7 Å². The Kier molecular flexibility index (Phi) is 6.07. The van der Waals surface area contributed by atoms with E-state index in [9.17, 15) is 4.79 Å². The molecule has 6 nitrogen and oxygen atoms in total. The lowest BCUT2D eigenvalue weighted by Crippen LogP contribution is -2.46. The number of aryl methyl sites for hydroxylation is 2. The lowest BCUT2D eigenvalue weighted by molar-refractivity contribution is 0.248. The smallest absolute Gasteiger partial charge is 0.350 e. The Balaban J connectivity index is 1.19. The summed E-state index contributed by atoms with van der Waals surface area (Å²) in [4.78, 5) is 19.1.